The van der Waals surface area contributed by atoms with Crippen LogP contribution in [0.4, 0.5) is 0 Å². The lowest BCUT2D eigenvalue weighted by molar-refractivity contribution is -0.139. The van der Waals surface area contributed by atoms with Crippen LogP contribution in [0.25, 0.3) is 10.4 Å². The van der Waals surface area contributed by atoms with E-state index in [9.17, 15) is 14.7 Å². The maximum absolute atomic E-state index is 11.6. The zero-order chi connectivity index (χ0) is 20.1. The Hall–Kier alpha value is -2.54. The van der Waals surface area contributed by atoms with Crippen molar-refractivity contribution >= 4 is 23.3 Å². The van der Waals surface area contributed by atoms with E-state index in [1.165, 1.54) is 32.1 Å². The van der Waals surface area contributed by atoms with E-state index in [-0.39, 0.29) is 10.6 Å². The molecule has 0 atom stereocenters. The average molecular weight is 404 g/mol. The summed E-state index contributed by atoms with van der Waals surface area (Å²) >= 11 is 1.08. The summed E-state index contributed by atoms with van der Waals surface area (Å²) in [5.41, 5.74) is 1.45. The first-order valence-corrected chi connectivity index (χ1v) is 10.2. The van der Waals surface area contributed by atoms with Gasteiger partial charge in [0, 0.05) is 10.4 Å². The van der Waals surface area contributed by atoms with Gasteiger partial charge in [0.1, 0.15) is 11.5 Å². The van der Waals surface area contributed by atoms with Crippen molar-refractivity contribution in [2.45, 2.75) is 39.0 Å². The Morgan fingerprint density at radius 1 is 1.14 bits per heavy atom. The Labute approximate surface area is 167 Å². The third kappa shape index (κ3) is 4.84. The molecule has 150 valence electrons. The van der Waals surface area contributed by atoms with Gasteiger partial charge < -0.3 is 19.7 Å². The second-order valence-corrected chi connectivity index (χ2v) is 8.07. The van der Waals surface area contributed by atoms with Crippen molar-refractivity contribution in [3.63, 3.8) is 0 Å². The van der Waals surface area contributed by atoms with Crippen LogP contribution in [-0.2, 0) is 4.79 Å². The molecular formula is C21H24O6S. The predicted molar refractivity (Wildman–Crippen MR) is 107 cm³/mol. The van der Waals surface area contributed by atoms with Crippen LogP contribution in [0.15, 0.2) is 24.3 Å². The minimum absolute atomic E-state index is 0.00211. The summed E-state index contributed by atoms with van der Waals surface area (Å²) < 4.78 is 11.2. The first-order valence-electron chi connectivity index (χ1n) is 9.40. The fourth-order valence-electron chi connectivity index (χ4n) is 3.52. The summed E-state index contributed by atoms with van der Waals surface area (Å²) in [6.07, 6.45) is 6.24. The monoisotopic (exact) mass is 404 g/mol. The van der Waals surface area contributed by atoms with Crippen molar-refractivity contribution in [3.8, 4) is 21.9 Å². The number of carboxylic acid groups (broad SMARTS) is 2. The van der Waals surface area contributed by atoms with Gasteiger partial charge in [-0.1, -0.05) is 31.4 Å². The number of carboxylic acids is 2. The molecule has 28 heavy (non-hydrogen) atoms. The molecule has 0 bridgehead atoms. The molecule has 7 heteroatoms. The lowest BCUT2D eigenvalue weighted by atomic mass is 9.90. The van der Waals surface area contributed by atoms with E-state index in [0.29, 0.717) is 18.1 Å². The number of thiophene rings is 1. The first kappa shape index (κ1) is 20.2. The van der Waals surface area contributed by atoms with Crippen molar-refractivity contribution in [3.05, 3.63) is 34.7 Å². The molecule has 0 saturated heterocycles. The molecule has 1 aliphatic rings. The van der Waals surface area contributed by atoms with Gasteiger partial charge in [0.05, 0.1) is 6.61 Å². The zero-order valence-corrected chi connectivity index (χ0v) is 16.6. The highest BCUT2D eigenvalue weighted by Gasteiger charge is 2.23. The lowest BCUT2D eigenvalue weighted by Crippen LogP contribution is -2.15. The molecular weight excluding hydrogens is 380 g/mol. The third-order valence-corrected chi connectivity index (χ3v) is 6.24. The summed E-state index contributed by atoms with van der Waals surface area (Å²) in [7, 11) is 0. The van der Waals surface area contributed by atoms with Crippen molar-refractivity contribution < 1.29 is 29.3 Å². The second kappa shape index (κ2) is 9.10. The molecule has 0 amide bonds. The van der Waals surface area contributed by atoms with Crippen LogP contribution in [0, 0.1) is 12.8 Å². The predicted octanol–water partition coefficient (Wildman–Crippen LogP) is 4.84. The molecule has 1 aromatic heterocycles. The SMILES string of the molecule is Cc1c(-c2cccc(OCC3CCCCC3)c2)sc(C(=O)O)c1OCC(=O)O. The number of hydrogen-bond acceptors (Lipinski definition) is 5. The Morgan fingerprint density at radius 2 is 1.89 bits per heavy atom. The van der Waals surface area contributed by atoms with E-state index in [1.54, 1.807) is 6.92 Å². The van der Waals surface area contributed by atoms with Crippen LogP contribution in [0.5, 0.6) is 11.5 Å². The molecule has 0 unspecified atom stereocenters. The first-order chi connectivity index (χ1) is 13.5. The number of aliphatic carboxylic acids is 1. The van der Waals surface area contributed by atoms with Gasteiger partial charge in [-0.05, 0) is 43.4 Å². The van der Waals surface area contributed by atoms with E-state index in [4.69, 9.17) is 14.6 Å². The quantitative estimate of drug-likeness (QED) is 0.654. The van der Waals surface area contributed by atoms with Crippen LogP contribution >= 0.6 is 11.3 Å². The van der Waals surface area contributed by atoms with E-state index in [0.717, 1.165) is 27.5 Å². The van der Waals surface area contributed by atoms with E-state index < -0.39 is 18.5 Å². The summed E-state index contributed by atoms with van der Waals surface area (Å²) in [6.45, 7) is 1.85. The van der Waals surface area contributed by atoms with Crippen molar-refractivity contribution in [1.82, 2.24) is 0 Å². The zero-order valence-electron chi connectivity index (χ0n) is 15.8. The molecule has 1 fully saturated rings. The molecule has 0 aliphatic heterocycles. The Morgan fingerprint density at radius 3 is 2.57 bits per heavy atom. The topological polar surface area (TPSA) is 93.1 Å². The highest BCUT2D eigenvalue weighted by Crippen LogP contribution is 2.42. The van der Waals surface area contributed by atoms with Crippen molar-refractivity contribution in [1.29, 1.82) is 0 Å². The van der Waals surface area contributed by atoms with Crippen LogP contribution in [0.3, 0.4) is 0 Å². The Balaban J connectivity index is 1.81. The molecule has 2 N–H and O–H groups in total. The number of hydrogen-bond donors (Lipinski definition) is 2. The number of ether oxygens (including phenoxy) is 2. The minimum atomic E-state index is -1.15. The fraction of sp³-hybridized carbons (Fsp3) is 0.429. The molecule has 0 spiro atoms. The van der Waals surface area contributed by atoms with E-state index in [2.05, 4.69) is 0 Å². The molecule has 1 aromatic carbocycles. The van der Waals surface area contributed by atoms with Gasteiger partial charge >= 0.3 is 11.9 Å². The summed E-state index contributed by atoms with van der Waals surface area (Å²) in [6, 6.07) is 7.56. The lowest BCUT2D eigenvalue weighted by Gasteiger charge is -2.21. The average Bonchev–Trinajstić information content (AvgIpc) is 3.02. The summed E-state index contributed by atoms with van der Waals surface area (Å²) in [4.78, 5) is 23.1. The standard InChI is InChI=1S/C21H24O6S/c1-13-18(27-12-17(22)23)20(21(24)25)28-19(13)15-8-5-9-16(10-15)26-11-14-6-3-2-4-7-14/h5,8-10,14H,2-4,6-7,11-12H2,1H3,(H,22,23)(H,24,25). The second-order valence-electron chi connectivity index (χ2n) is 7.04. The highest BCUT2D eigenvalue weighted by atomic mass is 32.1. The van der Waals surface area contributed by atoms with Crippen LogP contribution in [0.1, 0.15) is 47.3 Å². The van der Waals surface area contributed by atoms with Crippen LogP contribution in [-0.4, -0.2) is 35.4 Å². The van der Waals surface area contributed by atoms with E-state index >= 15 is 0 Å². The van der Waals surface area contributed by atoms with Crippen molar-refractivity contribution in [2.75, 3.05) is 13.2 Å². The molecule has 0 radical (unpaired) electrons. The third-order valence-electron chi connectivity index (χ3n) is 4.93. The van der Waals surface area contributed by atoms with Gasteiger partial charge in [-0.15, -0.1) is 11.3 Å². The molecule has 3 rings (SSSR count). The number of benzene rings is 1. The molecule has 1 aliphatic carbocycles. The minimum Gasteiger partial charge on any atom is -0.493 e. The van der Waals surface area contributed by atoms with E-state index in [1.807, 2.05) is 24.3 Å². The van der Waals surface area contributed by atoms with Crippen LogP contribution < -0.4 is 9.47 Å². The molecule has 1 heterocycles. The normalized spacial score (nSPS) is 14.6. The van der Waals surface area contributed by atoms with Gasteiger partial charge in [0.2, 0.25) is 0 Å². The van der Waals surface area contributed by atoms with Crippen molar-refractivity contribution in [2.24, 2.45) is 5.92 Å². The number of carbonyl (C=O) groups is 2. The maximum atomic E-state index is 11.6. The van der Waals surface area contributed by atoms with Gasteiger partial charge in [-0.2, -0.15) is 0 Å². The summed E-state index contributed by atoms with van der Waals surface area (Å²) in [5.74, 6) is -0.828. The number of aromatic carboxylic acids is 1. The Bertz CT molecular complexity index is 851. The van der Waals surface area contributed by atoms with Gasteiger partial charge in [0.15, 0.2) is 11.5 Å². The highest BCUT2D eigenvalue weighted by molar-refractivity contribution is 7.18. The Kier molecular flexibility index (Phi) is 6.57. The molecule has 6 nitrogen and oxygen atoms in total. The number of rotatable bonds is 8. The van der Waals surface area contributed by atoms with Gasteiger partial charge in [0.25, 0.3) is 0 Å². The van der Waals surface area contributed by atoms with Gasteiger partial charge in [-0.25, -0.2) is 9.59 Å². The fourth-order valence-corrected chi connectivity index (χ4v) is 4.60. The van der Waals surface area contributed by atoms with Gasteiger partial charge in [-0.3, -0.25) is 0 Å². The smallest absolute Gasteiger partial charge is 0.349 e. The van der Waals surface area contributed by atoms with Crippen LogP contribution in [0.2, 0.25) is 0 Å². The largest absolute Gasteiger partial charge is 0.493 e. The molecule has 2 aromatic rings. The maximum Gasteiger partial charge on any atom is 0.349 e. The molecule has 1 saturated carbocycles. The summed E-state index contributed by atoms with van der Waals surface area (Å²) in [5, 5.41) is 18.3.